The molecule has 1 aliphatic heterocycles. The number of benzene rings is 1. The zero-order valence-electron chi connectivity index (χ0n) is 13.4. The van der Waals surface area contributed by atoms with Gasteiger partial charge in [0.2, 0.25) is 0 Å². The molecule has 1 N–H and O–H groups in total. The predicted molar refractivity (Wildman–Crippen MR) is 91.7 cm³/mol. The van der Waals surface area contributed by atoms with Crippen LogP contribution >= 0.6 is 0 Å². The lowest BCUT2D eigenvalue weighted by Gasteiger charge is -2.28. The normalized spacial score (nSPS) is 14.7. The van der Waals surface area contributed by atoms with E-state index in [1.807, 2.05) is 22.9 Å². The molecule has 2 heterocycles. The van der Waals surface area contributed by atoms with Crippen molar-refractivity contribution in [1.82, 2.24) is 14.9 Å². The summed E-state index contributed by atoms with van der Waals surface area (Å²) in [7, 11) is 0. The summed E-state index contributed by atoms with van der Waals surface area (Å²) < 4.78 is 2.01. The first-order valence-electron chi connectivity index (χ1n) is 8.42. The van der Waals surface area contributed by atoms with Gasteiger partial charge in [-0.25, -0.2) is 4.98 Å². The minimum atomic E-state index is 0.000764. The fourth-order valence-corrected chi connectivity index (χ4v) is 2.96. The molecule has 1 fully saturated rings. The first kappa shape index (κ1) is 15.6. The van der Waals surface area contributed by atoms with Crippen LogP contribution in [-0.4, -0.2) is 35.1 Å². The first-order chi connectivity index (χ1) is 11.3. The van der Waals surface area contributed by atoms with Gasteiger partial charge in [0, 0.05) is 49.8 Å². The van der Waals surface area contributed by atoms with Crippen LogP contribution in [0.15, 0.2) is 43.0 Å². The second-order valence-electron chi connectivity index (χ2n) is 6.00. The monoisotopic (exact) mass is 312 g/mol. The molecule has 5 nitrogen and oxygen atoms in total. The van der Waals surface area contributed by atoms with E-state index in [1.54, 1.807) is 12.5 Å². The Balaban J connectivity index is 1.45. The summed E-state index contributed by atoms with van der Waals surface area (Å²) >= 11 is 0. The van der Waals surface area contributed by atoms with E-state index in [2.05, 4.69) is 27.3 Å². The zero-order valence-corrected chi connectivity index (χ0v) is 13.4. The van der Waals surface area contributed by atoms with Crippen molar-refractivity contribution in [3.63, 3.8) is 0 Å². The Morgan fingerprint density at radius 1 is 1.13 bits per heavy atom. The molecule has 1 aromatic heterocycles. The zero-order chi connectivity index (χ0) is 15.9. The average molecular weight is 312 g/mol. The highest BCUT2D eigenvalue weighted by molar-refractivity contribution is 5.94. The SMILES string of the molecule is O=C(NCCCn1ccnc1)c1ccc(N2CCCCC2)cc1. The number of aryl methyl sites for hydroxylation is 1. The number of amides is 1. The average Bonchev–Trinajstić information content (AvgIpc) is 3.13. The van der Waals surface area contributed by atoms with Gasteiger partial charge in [-0.15, -0.1) is 0 Å². The summed E-state index contributed by atoms with van der Waals surface area (Å²) in [5, 5.41) is 2.97. The maximum atomic E-state index is 12.1. The van der Waals surface area contributed by atoms with E-state index in [9.17, 15) is 4.79 Å². The van der Waals surface area contributed by atoms with Crippen LogP contribution in [0.25, 0.3) is 0 Å². The molecular formula is C18H24N4O. The van der Waals surface area contributed by atoms with Crippen LogP contribution in [0.5, 0.6) is 0 Å². The minimum Gasteiger partial charge on any atom is -0.372 e. The highest BCUT2D eigenvalue weighted by Gasteiger charge is 2.11. The number of rotatable bonds is 6. The fourth-order valence-electron chi connectivity index (χ4n) is 2.96. The maximum Gasteiger partial charge on any atom is 0.251 e. The van der Waals surface area contributed by atoms with Gasteiger partial charge in [-0.1, -0.05) is 0 Å². The van der Waals surface area contributed by atoms with E-state index < -0.39 is 0 Å². The van der Waals surface area contributed by atoms with Crippen LogP contribution < -0.4 is 10.2 Å². The second kappa shape index (κ2) is 7.81. The number of hydrogen-bond acceptors (Lipinski definition) is 3. The molecule has 1 amide bonds. The van der Waals surface area contributed by atoms with Gasteiger partial charge in [-0.3, -0.25) is 4.79 Å². The van der Waals surface area contributed by atoms with Crippen molar-refractivity contribution in [2.75, 3.05) is 24.5 Å². The molecule has 0 radical (unpaired) electrons. The van der Waals surface area contributed by atoms with E-state index in [4.69, 9.17) is 0 Å². The smallest absolute Gasteiger partial charge is 0.251 e. The predicted octanol–water partition coefficient (Wildman–Crippen LogP) is 2.69. The standard InChI is InChI=1S/C18H24N4O/c23-18(20-9-4-11-21-14-10-19-15-21)16-5-7-17(8-6-16)22-12-2-1-3-13-22/h5-8,10,14-15H,1-4,9,11-13H2,(H,20,23). The number of hydrogen-bond donors (Lipinski definition) is 1. The number of carbonyl (C=O) groups excluding carboxylic acids is 1. The van der Waals surface area contributed by atoms with Gasteiger partial charge in [0.05, 0.1) is 6.33 Å². The van der Waals surface area contributed by atoms with Crippen LogP contribution in [0.1, 0.15) is 36.0 Å². The van der Waals surface area contributed by atoms with Crippen molar-refractivity contribution in [3.8, 4) is 0 Å². The summed E-state index contributed by atoms with van der Waals surface area (Å²) in [6, 6.07) is 7.97. The highest BCUT2D eigenvalue weighted by atomic mass is 16.1. The molecule has 1 aromatic carbocycles. The molecule has 0 aliphatic carbocycles. The molecule has 5 heteroatoms. The highest BCUT2D eigenvalue weighted by Crippen LogP contribution is 2.20. The van der Waals surface area contributed by atoms with E-state index >= 15 is 0 Å². The Bertz CT molecular complexity index is 600. The van der Waals surface area contributed by atoms with Crippen LogP contribution in [-0.2, 0) is 6.54 Å². The summed E-state index contributed by atoms with van der Waals surface area (Å²) in [5.41, 5.74) is 1.95. The van der Waals surface area contributed by atoms with Crippen molar-refractivity contribution < 1.29 is 4.79 Å². The lowest BCUT2D eigenvalue weighted by Crippen LogP contribution is -2.29. The summed E-state index contributed by atoms with van der Waals surface area (Å²) in [4.78, 5) is 18.6. The molecule has 1 aliphatic rings. The van der Waals surface area contributed by atoms with Crippen LogP contribution in [0.2, 0.25) is 0 Å². The van der Waals surface area contributed by atoms with Gasteiger partial charge in [0.1, 0.15) is 0 Å². The van der Waals surface area contributed by atoms with Crippen molar-refractivity contribution in [1.29, 1.82) is 0 Å². The largest absolute Gasteiger partial charge is 0.372 e. The molecule has 1 saturated heterocycles. The van der Waals surface area contributed by atoms with E-state index in [1.165, 1.54) is 24.9 Å². The molecule has 0 saturated carbocycles. The molecule has 0 bridgehead atoms. The number of piperidine rings is 1. The number of nitrogens with one attached hydrogen (secondary N) is 1. The third-order valence-electron chi connectivity index (χ3n) is 4.29. The molecule has 3 rings (SSSR count). The Morgan fingerprint density at radius 3 is 2.61 bits per heavy atom. The van der Waals surface area contributed by atoms with Gasteiger partial charge in [-0.2, -0.15) is 0 Å². The Kier molecular flexibility index (Phi) is 5.29. The molecule has 0 spiro atoms. The van der Waals surface area contributed by atoms with Crippen molar-refractivity contribution >= 4 is 11.6 Å². The minimum absolute atomic E-state index is 0.000764. The van der Waals surface area contributed by atoms with E-state index in [0.717, 1.165) is 31.6 Å². The molecule has 2 aromatic rings. The summed E-state index contributed by atoms with van der Waals surface area (Å²) in [5.74, 6) is 0.000764. The third kappa shape index (κ3) is 4.34. The maximum absolute atomic E-state index is 12.1. The van der Waals surface area contributed by atoms with Crippen LogP contribution in [0.4, 0.5) is 5.69 Å². The molecule has 122 valence electrons. The number of carbonyl (C=O) groups is 1. The Labute approximate surface area is 137 Å². The van der Waals surface area contributed by atoms with Crippen LogP contribution in [0, 0.1) is 0 Å². The third-order valence-corrected chi connectivity index (χ3v) is 4.29. The van der Waals surface area contributed by atoms with Gasteiger partial charge >= 0.3 is 0 Å². The quantitative estimate of drug-likeness (QED) is 0.834. The lowest BCUT2D eigenvalue weighted by atomic mass is 10.1. The molecule has 0 unspecified atom stereocenters. The number of anilines is 1. The second-order valence-corrected chi connectivity index (χ2v) is 6.00. The van der Waals surface area contributed by atoms with Gasteiger partial charge < -0.3 is 14.8 Å². The van der Waals surface area contributed by atoms with Crippen LogP contribution in [0.3, 0.4) is 0 Å². The molecule has 23 heavy (non-hydrogen) atoms. The summed E-state index contributed by atoms with van der Waals surface area (Å²) in [6.45, 7) is 3.79. The van der Waals surface area contributed by atoms with Crippen molar-refractivity contribution in [2.24, 2.45) is 0 Å². The van der Waals surface area contributed by atoms with E-state index in [0.29, 0.717) is 6.54 Å². The number of aromatic nitrogens is 2. The molecular weight excluding hydrogens is 288 g/mol. The first-order valence-corrected chi connectivity index (χ1v) is 8.42. The lowest BCUT2D eigenvalue weighted by molar-refractivity contribution is 0.0953. The van der Waals surface area contributed by atoms with Crippen molar-refractivity contribution in [3.05, 3.63) is 48.5 Å². The Morgan fingerprint density at radius 2 is 1.91 bits per heavy atom. The summed E-state index contributed by atoms with van der Waals surface area (Å²) in [6.07, 6.45) is 10.2. The number of imidazole rings is 1. The van der Waals surface area contributed by atoms with Crippen molar-refractivity contribution in [2.45, 2.75) is 32.2 Å². The van der Waals surface area contributed by atoms with Gasteiger partial charge in [0.25, 0.3) is 5.91 Å². The van der Waals surface area contributed by atoms with Gasteiger partial charge in [0.15, 0.2) is 0 Å². The topological polar surface area (TPSA) is 50.2 Å². The fraction of sp³-hybridized carbons (Fsp3) is 0.444. The molecule has 0 atom stereocenters. The van der Waals surface area contributed by atoms with Gasteiger partial charge in [-0.05, 0) is 49.9 Å². The Hall–Kier alpha value is -2.30. The van der Waals surface area contributed by atoms with E-state index in [-0.39, 0.29) is 5.91 Å². The number of nitrogens with zero attached hydrogens (tertiary/aromatic N) is 3.